The van der Waals surface area contributed by atoms with Crippen molar-refractivity contribution in [3.05, 3.63) is 0 Å². The van der Waals surface area contributed by atoms with Crippen LogP contribution in [-0.2, 0) is 0 Å². The first-order valence-corrected chi connectivity index (χ1v) is 5.71. The van der Waals surface area contributed by atoms with Gasteiger partial charge in [0.1, 0.15) is 0 Å². The summed E-state index contributed by atoms with van der Waals surface area (Å²) in [6.07, 6.45) is 0. The van der Waals surface area contributed by atoms with E-state index < -0.39 is 5.60 Å². The number of nitrogens with zero attached hydrogens (tertiary/aromatic N) is 1. The molecule has 1 N–H and O–H groups in total. The number of rotatable bonds is 2. The van der Waals surface area contributed by atoms with Gasteiger partial charge in [-0.05, 0) is 20.8 Å². The standard InChI is InChI=1S/C9H19NOS/c1-8(9(2,3)11)10-4-6-12-7-5-10/h8,11H,4-7H2,1-3H3. The lowest BCUT2D eigenvalue weighted by atomic mass is 9.99. The van der Waals surface area contributed by atoms with E-state index in [1.807, 2.05) is 25.6 Å². The molecule has 0 saturated carbocycles. The van der Waals surface area contributed by atoms with Crippen molar-refractivity contribution in [2.75, 3.05) is 24.6 Å². The Morgan fingerprint density at radius 1 is 1.33 bits per heavy atom. The van der Waals surface area contributed by atoms with Crippen molar-refractivity contribution in [1.29, 1.82) is 0 Å². The minimum absolute atomic E-state index is 0.276. The van der Waals surface area contributed by atoms with E-state index in [-0.39, 0.29) is 6.04 Å². The molecule has 0 aromatic carbocycles. The molecule has 1 atom stereocenters. The second-order valence-electron chi connectivity index (χ2n) is 3.98. The van der Waals surface area contributed by atoms with Crippen LogP contribution in [0.25, 0.3) is 0 Å². The van der Waals surface area contributed by atoms with Crippen LogP contribution in [0.2, 0.25) is 0 Å². The van der Waals surface area contributed by atoms with E-state index >= 15 is 0 Å². The maximum atomic E-state index is 9.79. The molecule has 0 aromatic heterocycles. The average molecular weight is 189 g/mol. The van der Waals surface area contributed by atoms with Gasteiger partial charge in [0.15, 0.2) is 0 Å². The maximum absolute atomic E-state index is 9.79. The van der Waals surface area contributed by atoms with Gasteiger partial charge in [-0.2, -0.15) is 11.8 Å². The van der Waals surface area contributed by atoms with Crippen LogP contribution in [0.3, 0.4) is 0 Å². The van der Waals surface area contributed by atoms with Gasteiger partial charge in [-0.15, -0.1) is 0 Å². The van der Waals surface area contributed by atoms with Gasteiger partial charge in [-0.25, -0.2) is 0 Å². The van der Waals surface area contributed by atoms with Crippen molar-refractivity contribution in [2.24, 2.45) is 0 Å². The smallest absolute Gasteiger partial charge is 0.0743 e. The van der Waals surface area contributed by atoms with Crippen LogP contribution < -0.4 is 0 Å². The minimum Gasteiger partial charge on any atom is -0.389 e. The quantitative estimate of drug-likeness (QED) is 0.706. The molecule has 1 aliphatic rings. The molecule has 1 heterocycles. The van der Waals surface area contributed by atoms with E-state index in [4.69, 9.17) is 0 Å². The van der Waals surface area contributed by atoms with Gasteiger partial charge >= 0.3 is 0 Å². The zero-order valence-electron chi connectivity index (χ0n) is 8.21. The molecule has 1 unspecified atom stereocenters. The van der Waals surface area contributed by atoms with Crippen molar-refractivity contribution in [1.82, 2.24) is 4.90 Å². The number of hydrogen-bond donors (Lipinski definition) is 1. The summed E-state index contributed by atoms with van der Waals surface area (Å²) in [5.74, 6) is 2.42. The molecule has 0 amide bonds. The minimum atomic E-state index is -0.567. The Kier molecular flexibility index (Phi) is 3.44. The Hall–Kier alpha value is 0.270. The number of aliphatic hydroxyl groups is 1. The lowest BCUT2D eigenvalue weighted by Crippen LogP contribution is -2.50. The normalized spacial score (nSPS) is 24.0. The van der Waals surface area contributed by atoms with E-state index in [2.05, 4.69) is 11.8 Å². The van der Waals surface area contributed by atoms with Crippen molar-refractivity contribution < 1.29 is 5.11 Å². The zero-order chi connectivity index (χ0) is 9.19. The Bertz CT molecular complexity index is 138. The van der Waals surface area contributed by atoms with E-state index in [9.17, 15) is 5.11 Å². The van der Waals surface area contributed by atoms with E-state index in [1.54, 1.807) is 0 Å². The molecule has 72 valence electrons. The first-order valence-electron chi connectivity index (χ1n) is 4.56. The molecule has 12 heavy (non-hydrogen) atoms. The van der Waals surface area contributed by atoms with Crippen molar-refractivity contribution in [3.63, 3.8) is 0 Å². The molecule has 1 rings (SSSR count). The third-order valence-electron chi connectivity index (χ3n) is 2.62. The molecular formula is C9H19NOS. The molecule has 2 nitrogen and oxygen atoms in total. The summed E-state index contributed by atoms with van der Waals surface area (Å²) in [6.45, 7) is 8.13. The van der Waals surface area contributed by atoms with Crippen molar-refractivity contribution >= 4 is 11.8 Å². The van der Waals surface area contributed by atoms with Gasteiger partial charge in [0.2, 0.25) is 0 Å². The molecule has 1 fully saturated rings. The van der Waals surface area contributed by atoms with Crippen LogP contribution in [0, 0.1) is 0 Å². The van der Waals surface area contributed by atoms with Gasteiger partial charge in [0, 0.05) is 30.6 Å². The Labute approximate surface area is 79.3 Å². The predicted octanol–water partition coefficient (Wildman–Crippen LogP) is 1.19. The summed E-state index contributed by atoms with van der Waals surface area (Å²) in [7, 11) is 0. The molecule has 0 aromatic rings. The van der Waals surface area contributed by atoms with Gasteiger partial charge in [0.05, 0.1) is 5.60 Å². The first kappa shape index (κ1) is 10.4. The molecule has 0 spiro atoms. The molecule has 1 aliphatic heterocycles. The van der Waals surface area contributed by atoms with Crippen LogP contribution in [0.1, 0.15) is 20.8 Å². The highest BCUT2D eigenvalue weighted by atomic mass is 32.2. The lowest BCUT2D eigenvalue weighted by molar-refractivity contribution is -0.00812. The van der Waals surface area contributed by atoms with Crippen LogP contribution in [0.5, 0.6) is 0 Å². The fourth-order valence-corrected chi connectivity index (χ4v) is 2.34. The molecule has 3 heteroatoms. The summed E-state index contributed by atoms with van der Waals surface area (Å²) in [6, 6.07) is 0.276. The summed E-state index contributed by atoms with van der Waals surface area (Å²) in [4.78, 5) is 2.37. The third kappa shape index (κ3) is 2.64. The maximum Gasteiger partial charge on any atom is 0.0743 e. The summed E-state index contributed by atoms with van der Waals surface area (Å²) in [5, 5.41) is 9.79. The SMILES string of the molecule is CC(N1CCSCC1)C(C)(C)O. The Balaban J connectivity index is 2.45. The topological polar surface area (TPSA) is 23.5 Å². The molecule has 0 bridgehead atoms. The average Bonchev–Trinajstić information content (AvgIpc) is 2.03. The Morgan fingerprint density at radius 2 is 1.83 bits per heavy atom. The monoisotopic (exact) mass is 189 g/mol. The highest BCUT2D eigenvalue weighted by Crippen LogP contribution is 2.19. The van der Waals surface area contributed by atoms with Gasteiger partial charge in [-0.3, -0.25) is 4.90 Å². The lowest BCUT2D eigenvalue weighted by Gasteiger charge is -2.38. The predicted molar refractivity (Wildman–Crippen MR) is 54.7 cm³/mol. The molecule has 0 radical (unpaired) electrons. The summed E-state index contributed by atoms with van der Waals surface area (Å²) >= 11 is 2.00. The van der Waals surface area contributed by atoms with Gasteiger partial charge < -0.3 is 5.11 Å². The van der Waals surface area contributed by atoms with Crippen LogP contribution in [0.15, 0.2) is 0 Å². The fraction of sp³-hybridized carbons (Fsp3) is 1.00. The van der Waals surface area contributed by atoms with E-state index in [0.717, 1.165) is 13.1 Å². The molecular weight excluding hydrogens is 170 g/mol. The first-order chi connectivity index (χ1) is 5.52. The summed E-state index contributed by atoms with van der Waals surface area (Å²) < 4.78 is 0. The number of hydrogen-bond acceptors (Lipinski definition) is 3. The summed E-state index contributed by atoms with van der Waals surface area (Å²) in [5.41, 5.74) is -0.567. The van der Waals surface area contributed by atoms with Crippen LogP contribution in [-0.4, -0.2) is 46.2 Å². The van der Waals surface area contributed by atoms with Crippen molar-refractivity contribution in [2.45, 2.75) is 32.4 Å². The van der Waals surface area contributed by atoms with Crippen molar-refractivity contribution in [3.8, 4) is 0 Å². The second-order valence-corrected chi connectivity index (χ2v) is 5.20. The van der Waals surface area contributed by atoms with Gasteiger partial charge in [0.25, 0.3) is 0 Å². The zero-order valence-corrected chi connectivity index (χ0v) is 9.02. The number of thioether (sulfide) groups is 1. The highest BCUT2D eigenvalue weighted by molar-refractivity contribution is 7.99. The highest BCUT2D eigenvalue weighted by Gasteiger charge is 2.28. The third-order valence-corrected chi connectivity index (χ3v) is 3.56. The Morgan fingerprint density at radius 3 is 2.25 bits per heavy atom. The second kappa shape index (κ2) is 3.99. The van der Waals surface area contributed by atoms with E-state index in [0.29, 0.717) is 0 Å². The van der Waals surface area contributed by atoms with Crippen LogP contribution >= 0.6 is 11.8 Å². The largest absolute Gasteiger partial charge is 0.389 e. The van der Waals surface area contributed by atoms with Gasteiger partial charge in [-0.1, -0.05) is 0 Å². The molecule has 0 aliphatic carbocycles. The van der Waals surface area contributed by atoms with Crippen LogP contribution in [0.4, 0.5) is 0 Å². The molecule has 1 saturated heterocycles. The van der Waals surface area contributed by atoms with E-state index in [1.165, 1.54) is 11.5 Å². The fourth-order valence-electron chi connectivity index (χ4n) is 1.41.